The third-order valence-corrected chi connectivity index (χ3v) is 4.24. The summed E-state index contributed by atoms with van der Waals surface area (Å²) in [6.45, 7) is 2.55. The van der Waals surface area contributed by atoms with Gasteiger partial charge in [-0.05, 0) is 54.8 Å². The number of hydrogen-bond donors (Lipinski definition) is 2. The minimum atomic E-state index is -0.183. The molecular formula is C21H20ClN3O. The Hall–Kier alpha value is -2.85. The second kappa shape index (κ2) is 8.50. The molecule has 0 spiro atoms. The zero-order valence-corrected chi connectivity index (χ0v) is 15.3. The van der Waals surface area contributed by atoms with E-state index in [0.717, 1.165) is 23.4 Å². The maximum absolute atomic E-state index is 12.3. The Kier molecular flexibility index (Phi) is 5.87. The van der Waals surface area contributed by atoms with E-state index in [9.17, 15) is 4.79 Å². The van der Waals surface area contributed by atoms with Crippen molar-refractivity contribution in [2.75, 3.05) is 11.9 Å². The summed E-state index contributed by atoms with van der Waals surface area (Å²) in [6.07, 6.45) is 2.41. The van der Waals surface area contributed by atoms with Gasteiger partial charge in [-0.15, -0.1) is 0 Å². The van der Waals surface area contributed by atoms with Gasteiger partial charge in [0.05, 0.1) is 0 Å². The fourth-order valence-corrected chi connectivity index (χ4v) is 2.84. The molecule has 3 rings (SSSR count). The van der Waals surface area contributed by atoms with E-state index in [0.29, 0.717) is 17.3 Å². The molecule has 0 aliphatic carbocycles. The molecule has 5 heteroatoms. The number of pyridine rings is 1. The molecule has 0 aliphatic rings. The van der Waals surface area contributed by atoms with Crippen LogP contribution < -0.4 is 10.6 Å². The van der Waals surface area contributed by atoms with Gasteiger partial charge in [-0.2, -0.15) is 0 Å². The smallest absolute Gasteiger partial charge is 0.269 e. The Bertz CT molecular complexity index is 897. The summed E-state index contributed by atoms with van der Waals surface area (Å²) < 4.78 is 0. The molecule has 2 aromatic carbocycles. The number of anilines is 2. The van der Waals surface area contributed by atoms with Crippen LogP contribution in [0.5, 0.6) is 0 Å². The van der Waals surface area contributed by atoms with Crippen LogP contribution >= 0.6 is 11.6 Å². The number of halogens is 1. The molecule has 1 heterocycles. The van der Waals surface area contributed by atoms with Crippen molar-refractivity contribution in [3.8, 4) is 0 Å². The average Bonchev–Trinajstić information content (AvgIpc) is 2.65. The number of amides is 1. The van der Waals surface area contributed by atoms with E-state index in [1.807, 2.05) is 61.5 Å². The quantitative estimate of drug-likeness (QED) is 0.662. The molecule has 0 saturated carbocycles. The fourth-order valence-electron chi connectivity index (χ4n) is 2.61. The highest BCUT2D eigenvalue weighted by Crippen LogP contribution is 2.23. The zero-order valence-electron chi connectivity index (χ0n) is 14.5. The molecule has 0 aliphatic heterocycles. The van der Waals surface area contributed by atoms with Gasteiger partial charge >= 0.3 is 0 Å². The van der Waals surface area contributed by atoms with Crippen LogP contribution in [0.4, 0.5) is 11.4 Å². The van der Waals surface area contributed by atoms with Crippen molar-refractivity contribution < 1.29 is 4.79 Å². The first kappa shape index (κ1) is 18.0. The molecule has 1 amide bonds. The predicted octanol–water partition coefficient (Wildman–Crippen LogP) is 4.76. The van der Waals surface area contributed by atoms with Gasteiger partial charge in [0.2, 0.25) is 0 Å². The van der Waals surface area contributed by atoms with Crippen molar-refractivity contribution in [1.82, 2.24) is 10.3 Å². The zero-order chi connectivity index (χ0) is 18.4. The minimum Gasteiger partial charge on any atom is -0.355 e. The highest BCUT2D eigenvalue weighted by molar-refractivity contribution is 6.30. The summed E-state index contributed by atoms with van der Waals surface area (Å²) in [5, 5.41) is 6.90. The van der Waals surface area contributed by atoms with Crippen molar-refractivity contribution in [2.24, 2.45) is 0 Å². The van der Waals surface area contributed by atoms with Crippen LogP contribution in [0.1, 0.15) is 21.6 Å². The lowest BCUT2D eigenvalue weighted by molar-refractivity contribution is 0.0949. The topological polar surface area (TPSA) is 54.0 Å². The number of aryl methyl sites for hydroxylation is 1. The van der Waals surface area contributed by atoms with Crippen LogP contribution in [-0.2, 0) is 6.42 Å². The third kappa shape index (κ3) is 4.83. The first-order valence-electron chi connectivity index (χ1n) is 8.43. The summed E-state index contributed by atoms with van der Waals surface area (Å²) in [6, 6.07) is 19.3. The summed E-state index contributed by atoms with van der Waals surface area (Å²) >= 11 is 5.99. The summed E-state index contributed by atoms with van der Waals surface area (Å²) in [5.74, 6) is -0.183. The van der Waals surface area contributed by atoms with Gasteiger partial charge in [0.1, 0.15) is 5.69 Å². The largest absolute Gasteiger partial charge is 0.355 e. The van der Waals surface area contributed by atoms with Crippen LogP contribution in [0.3, 0.4) is 0 Å². The molecule has 1 aromatic heterocycles. The Morgan fingerprint density at radius 1 is 1.08 bits per heavy atom. The first-order chi connectivity index (χ1) is 12.6. The van der Waals surface area contributed by atoms with Crippen LogP contribution in [0.15, 0.2) is 66.9 Å². The summed E-state index contributed by atoms with van der Waals surface area (Å²) in [5.41, 5.74) is 4.35. The number of nitrogens with one attached hydrogen (secondary N) is 2. The SMILES string of the molecule is Cc1cc(Cl)ccc1Nc1ccnc(C(=O)NCCc2ccccc2)c1. The number of carbonyl (C=O) groups excluding carboxylic acids is 1. The van der Waals surface area contributed by atoms with E-state index < -0.39 is 0 Å². The van der Waals surface area contributed by atoms with Gasteiger partial charge in [0, 0.05) is 29.1 Å². The van der Waals surface area contributed by atoms with Crippen molar-refractivity contribution in [2.45, 2.75) is 13.3 Å². The number of aromatic nitrogens is 1. The Balaban J connectivity index is 1.62. The van der Waals surface area contributed by atoms with Crippen LogP contribution in [-0.4, -0.2) is 17.4 Å². The number of rotatable bonds is 6. The highest BCUT2D eigenvalue weighted by atomic mass is 35.5. The molecule has 0 unspecified atom stereocenters. The van der Waals surface area contributed by atoms with Crippen molar-refractivity contribution in [3.05, 3.63) is 88.7 Å². The number of hydrogen-bond acceptors (Lipinski definition) is 3. The van der Waals surface area contributed by atoms with Gasteiger partial charge < -0.3 is 10.6 Å². The number of carbonyl (C=O) groups is 1. The minimum absolute atomic E-state index is 0.183. The second-order valence-electron chi connectivity index (χ2n) is 6.01. The molecule has 0 radical (unpaired) electrons. The van der Waals surface area contributed by atoms with Crippen molar-refractivity contribution in [3.63, 3.8) is 0 Å². The van der Waals surface area contributed by atoms with Gasteiger partial charge in [-0.1, -0.05) is 41.9 Å². The molecule has 3 aromatic rings. The lowest BCUT2D eigenvalue weighted by atomic mass is 10.1. The molecule has 132 valence electrons. The van der Waals surface area contributed by atoms with E-state index in [2.05, 4.69) is 15.6 Å². The predicted molar refractivity (Wildman–Crippen MR) is 106 cm³/mol. The van der Waals surface area contributed by atoms with E-state index in [-0.39, 0.29) is 5.91 Å². The maximum atomic E-state index is 12.3. The van der Waals surface area contributed by atoms with E-state index in [1.54, 1.807) is 12.3 Å². The van der Waals surface area contributed by atoms with Crippen molar-refractivity contribution >= 4 is 28.9 Å². The Morgan fingerprint density at radius 2 is 1.88 bits per heavy atom. The monoisotopic (exact) mass is 365 g/mol. The molecule has 0 fully saturated rings. The first-order valence-corrected chi connectivity index (χ1v) is 8.81. The molecule has 0 saturated heterocycles. The Labute approximate surface area is 158 Å². The van der Waals surface area contributed by atoms with E-state index >= 15 is 0 Å². The molecular weight excluding hydrogens is 346 g/mol. The standard InChI is InChI=1S/C21H20ClN3O/c1-15-13-17(22)7-8-19(15)25-18-10-12-23-20(14-18)21(26)24-11-9-16-5-3-2-4-6-16/h2-8,10,12-14H,9,11H2,1H3,(H,23,25)(H,24,26). The number of nitrogens with zero attached hydrogens (tertiary/aromatic N) is 1. The molecule has 2 N–H and O–H groups in total. The van der Waals surface area contributed by atoms with Gasteiger partial charge in [0.15, 0.2) is 0 Å². The molecule has 4 nitrogen and oxygen atoms in total. The fraction of sp³-hybridized carbons (Fsp3) is 0.143. The van der Waals surface area contributed by atoms with Gasteiger partial charge in [-0.3, -0.25) is 9.78 Å². The van der Waals surface area contributed by atoms with E-state index in [1.165, 1.54) is 5.56 Å². The van der Waals surface area contributed by atoms with Crippen LogP contribution in [0, 0.1) is 6.92 Å². The van der Waals surface area contributed by atoms with Gasteiger partial charge in [0.25, 0.3) is 5.91 Å². The second-order valence-corrected chi connectivity index (χ2v) is 6.44. The molecule has 0 atom stereocenters. The highest BCUT2D eigenvalue weighted by Gasteiger charge is 2.08. The lowest BCUT2D eigenvalue weighted by Gasteiger charge is -2.11. The molecule has 0 bridgehead atoms. The maximum Gasteiger partial charge on any atom is 0.269 e. The van der Waals surface area contributed by atoms with Crippen molar-refractivity contribution in [1.29, 1.82) is 0 Å². The molecule has 26 heavy (non-hydrogen) atoms. The van der Waals surface area contributed by atoms with Crippen LogP contribution in [0.25, 0.3) is 0 Å². The third-order valence-electron chi connectivity index (χ3n) is 4.00. The number of benzene rings is 2. The average molecular weight is 366 g/mol. The summed E-state index contributed by atoms with van der Waals surface area (Å²) in [4.78, 5) is 16.5. The lowest BCUT2D eigenvalue weighted by Crippen LogP contribution is -2.26. The van der Waals surface area contributed by atoms with E-state index in [4.69, 9.17) is 11.6 Å². The van der Waals surface area contributed by atoms with Gasteiger partial charge in [-0.25, -0.2) is 0 Å². The van der Waals surface area contributed by atoms with Crippen LogP contribution in [0.2, 0.25) is 5.02 Å². The summed E-state index contributed by atoms with van der Waals surface area (Å²) in [7, 11) is 0. The normalized spacial score (nSPS) is 10.4. The Morgan fingerprint density at radius 3 is 2.65 bits per heavy atom.